The molecule has 1 amide bonds. The Kier molecular flexibility index (Phi) is 6.78. The van der Waals surface area contributed by atoms with E-state index in [1.807, 2.05) is 39.0 Å². The number of carbonyl (C=O) groups excluding carboxylic acids is 1. The van der Waals surface area contributed by atoms with Gasteiger partial charge in [-0.15, -0.1) is 0 Å². The SMILES string of the molecule is Cc1ccc([C@@H](C)NC(=O)CN(c2ccc(Cl)cc2Cl)S(C)(=O)=O)c(C)c1. The predicted molar refractivity (Wildman–Crippen MR) is 111 cm³/mol. The van der Waals surface area contributed by atoms with Gasteiger partial charge in [0.25, 0.3) is 0 Å². The molecule has 1 N–H and O–H groups in total. The molecule has 0 aromatic heterocycles. The summed E-state index contributed by atoms with van der Waals surface area (Å²) in [4.78, 5) is 12.5. The van der Waals surface area contributed by atoms with E-state index in [2.05, 4.69) is 5.32 Å². The summed E-state index contributed by atoms with van der Waals surface area (Å²) in [6.07, 6.45) is 1.03. The van der Waals surface area contributed by atoms with E-state index in [1.165, 1.54) is 18.2 Å². The molecular formula is C19H22Cl2N2O3S. The first-order valence-corrected chi connectivity index (χ1v) is 10.9. The molecule has 27 heavy (non-hydrogen) atoms. The number of nitrogens with zero attached hydrogens (tertiary/aromatic N) is 1. The molecule has 0 spiro atoms. The topological polar surface area (TPSA) is 66.5 Å². The van der Waals surface area contributed by atoms with Crippen LogP contribution in [0.4, 0.5) is 5.69 Å². The molecule has 0 aliphatic heterocycles. The molecular weight excluding hydrogens is 407 g/mol. The van der Waals surface area contributed by atoms with Crippen LogP contribution in [0.15, 0.2) is 36.4 Å². The predicted octanol–water partition coefficient (Wildman–Crippen LogP) is 4.25. The normalized spacial score (nSPS) is 12.5. The van der Waals surface area contributed by atoms with Crippen molar-refractivity contribution in [2.75, 3.05) is 17.1 Å². The zero-order valence-corrected chi connectivity index (χ0v) is 17.9. The van der Waals surface area contributed by atoms with Crippen molar-refractivity contribution in [1.82, 2.24) is 5.32 Å². The van der Waals surface area contributed by atoms with E-state index in [1.54, 1.807) is 0 Å². The van der Waals surface area contributed by atoms with Crippen molar-refractivity contribution in [3.05, 3.63) is 63.1 Å². The summed E-state index contributed by atoms with van der Waals surface area (Å²) in [6, 6.07) is 10.1. The van der Waals surface area contributed by atoms with Crippen LogP contribution in [0.2, 0.25) is 10.0 Å². The van der Waals surface area contributed by atoms with E-state index >= 15 is 0 Å². The van der Waals surface area contributed by atoms with Crippen LogP contribution in [0.25, 0.3) is 0 Å². The molecule has 0 aliphatic carbocycles. The lowest BCUT2D eigenvalue weighted by molar-refractivity contribution is -0.120. The van der Waals surface area contributed by atoms with E-state index in [0.29, 0.717) is 5.02 Å². The molecule has 0 fully saturated rings. The molecule has 5 nitrogen and oxygen atoms in total. The number of aryl methyl sites for hydroxylation is 2. The minimum atomic E-state index is -3.72. The first kappa shape index (κ1) is 21.5. The number of hydrogen-bond acceptors (Lipinski definition) is 3. The lowest BCUT2D eigenvalue weighted by Gasteiger charge is -2.24. The van der Waals surface area contributed by atoms with E-state index in [9.17, 15) is 13.2 Å². The maximum Gasteiger partial charge on any atom is 0.241 e. The summed E-state index contributed by atoms with van der Waals surface area (Å²) in [7, 11) is -3.72. The van der Waals surface area contributed by atoms with Gasteiger partial charge in [0.2, 0.25) is 15.9 Å². The largest absolute Gasteiger partial charge is 0.348 e. The quantitative estimate of drug-likeness (QED) is 0.747. The number of anilines is 1. The fraction of sp³-hybridized carbons (Fsp3) is 0.316. The van der Waals surface area contributed by atoms with Crippen LogP contribution < -0.4 is 9.62 Å². The van der Waals surface area contributed by atoms with Gasteiger partial charge in [-0.05, 0) is 50.1 Å². The van der Waals surface area contributed by atoms with Crippen LogP contribution in [0.3, 0.4) is 0 Å². The van der Waals surface area contributed by atoms with E-state index in [0.717, 1.165) is 27.3 Å². The first-order valence-electron chi connectivity index (χ1n) is 8.28. The van der Waals surface area contributed by atoms with E-state index < -0.39 is 15.9 Å². The summed E-state index contributed by atoms with van der Waals surface area (Å²) in [5.41, 5.74) is 3.38. The van der Waals surface area contributed by atoms with Crippen molar-refractivity contribution in [3.8, 4) is 0 Å². The number of sulfonamides is 1. The number of carbonyl (C=O) groups is 1. The number of hydrogen-bond donors (Lipinski definition) is 1. The average Bonchev–Trinajstić information content (AvgIpc) is 2.52. The lowest BCUT2D eigenvalue weighted by Crippen LogP contribution is -2.41. The average molecular weight is 429 g/mol. The number of amides is 1. The fourth-order valence-electron chi connectivity index (χ4n) is 2.87. The molecule has 1 atom stereocenters. The summed E-state index contributed by atoms with van der Waals surface area (Å²) in [5.74, 6) is -0.432. The van der Waals surface area contributed by atoms with Crippen molar-refractivity contribution < 1.29 is 13.2 Å². The molecule has 2 rings (SSSR count). The number of rotatable bonds is 6. The standard InChI is InChI=1S/C19H22Cl2N2O3S/c1-12-5-7-16(13(2)9-12)14(3)22-19(24)11-23(27(4,25)26)18-8-6-15(20)10-17(18)21/h5-10,14H,11H2,1-4H3,(H,22,24)/t14-/m1/s1. The Hall–Kier alpha value is -1.76. The molecule has 2 aromatic carbocycles. The summed E-state index contributed by atoms with van der Waals surface area (Å²) >= 11 is 12.0. The summed E-state index contributed by atoms with van der Waals surface area (Å²) in [6.45, 7) is 5.45. The minimum Gasteiger partial charge on any atom is -0.348 e. The van der Waals surface area contributed by atoms with Crippen LogP contribution >= 0.6 is 23.2 Å². The van der Waals surface area contributed by atoms with Gasteiger partial charge >= 0.3 is 0 Å². The number of nitrogens with one attached hydrogen (secondary N) is 1. The van der Waals surface area contributed by atoms with Gasteiger partial charge in [-0.2, -0.15) is 0 Å². The Labute approximate surface area is 170 Å². The molecule has 0 aliphatic rings. The van der Waals surface area contributed by atoms with Crippen LogP contribution in [0.1, 0.15) is 29.7 Å². The van der Waals surface area contributed by atoms with Crippen molar-refractivity contribution in [2.24, 2.45) is 0 Å². The Morgan fingerprint density at radius 3 is 2.37 bits per heavy atom. The molecule has 8 heteroatoms. The number of halogens is 2. The van der Waals surface area contributed by atoms with Gasteiger partial charge in [0, 0.05) is 5.02 Å². The highest BCUT2D eigenvalue weighted by Gasteiger charge is 2.24. The fourth-order valence-corrected chi connectivity index (χ4v) is 4.30. The maximum absolute atomic E-state index is 12.5. The van der Waals surface area contributed by atoms with E-state index in [-0.39, 0.29) is 23.3 Å². The molecule has 0 unspecified atom stereocenters. The van der Waals surface area contributed by atoms with Crippen LogP contribution in [0, 0.1) is 13.8 Å². The minimum absolute atomic E-state index is 0.156. The van der Waals surface area contributed by atoms with Crippen LogP contribution in [-0.4, -0.2) is 27.1 Å². The van der Waals surface area contributed by atoms with Crippen LogP contribution in [0.5, 0.6) is 0 Å². The first-order chi connectivity index (χ1) is 12.5. The third-order valence-corrected chi connectivity index (χ3v) is 5.80. The lowest BCUT2D eigenvalue weighted by atomic mass is 10.0. The van der Waals surface area contributed by atoms with Gasteiger partial charge < -0.3 is 5.32 Å². The molecule has 2 aromatic rings. The van der Waals surface area contributed by atoms with Crippen LogP contribution in [-0.2, 0) is 14.8 Å². The second-order valence-corrected chi connectivity index (χ2v) is 9.27. The Balaban J connectivity index is 2.21. The molecule has 0 radical (unpaired) electrons. The Morgan fingerprint density at radius 2 is 1.81 bits per heavy atom. The van der Waals surface area contributed by atoms with Gasteiger partial charge in [0.15, 0.2) is 0 Å². The van der Waals surface area contributed by atoms with Gasteiger partial charge in [-0.25, -0.2) is 8.42 Å². The third kappa shape index (κ3) is 5.61. The van der Waals surface area contributed by atoms with Crippen molar-refractivity contribution >= 4 is 44.8 Å². The number of benzene rings is 2. The third-order valence-electron chi connectivity index (χ3n) is 4.14. The molecule has 0 bridgehead atoms. The highest BCUT2D eigenvalue weighted by Crippen LogP contribution is 2.30. The second-order valence-electron chi connectivity index (χ2n) is 6.51. The van der Waals surface area contributed by atoms with Crippen molar-refractivity contribution in [1.29, 1.82) is 0 Å². The molecule has 146 valence electrons. The van der Waals surface area contributed by atoms with Gasteiger partial charge in [0.05, 0.1) is 23.0 Å². The van der Waals surface area contributed by atoms with Crippen molar-refractivity contribution in [2.45, 2.75) is 26.8 Å². The Bertz CT molecular complexity index is 961. The summed E-state index contributed by atoms with van der Waals surface area (Å²) < 4.78 is 25.4. The Morgan fingerprint density at radius 1 is 1.15 bits per heavy atom. The van der Waals surface area contributed by atoms with E-state index in [4.69, 9.17) is 23.2 Å². The highest BCUT2D eigenvalue weighted by atomic mass is 35.5. The molecule has 0 saturated heterocycles. The van der Waals surface area contributed by atoms with Gasteiger partial charge in [-0.3, -0.25) is 9.10 Å². The van der Waals surface area contributed by atoms with Crippen molar-refractivity contribution in [3.63, 3.8) is 0 Å². The zero-order valence-electron chi connectivity index (χ0n) is 15.6. The molecule has 0 heterocycles. The zero-order chi connectivity index (χ0) is 20.4. The smallest absolute Gasteiger partial charge is 0.241 e. The highest BCUT2D eigenvalue weighted by molar-refractivity contribution is 7.92. The van der Waals surface area contributed by atoms with Gasteiger partial charge in [0.1, 0.15) is 6.54 Å². The monoisotopic (exact) mass is 428 g/mol. The molecule has 0 saturated carbocycles. The second kappa shape index (κ2) is 8.50. The summed E-state index contributed by atoms with van der Waals surface area (Å²) in [5, 5.41) is 3.38. The maximum atomic E-state index is 12.5. The van der Waals surface area contributed by atoms with Gasteiger partial charge in [-0.1, -0.05) is 47.0 Å².